The van der Waals surface area contributed by atoms with Gasteiger partial charge in [0.15, 0.2) is 0 Å². The Balaban J connectivity index is 1.96. The molecule has 3 aliphatic rings. The number of fused-ring (bicyclic) bond motifs is 3. The number of hydrogen-bond acceptors (Lipinski definition) is 1. The van der Waals surface area contributed by atoms with Gasteiger partial charge < -0.3 is 5.73 Å². The highest BCUT2D eigenvalue weighted by molar-refractivity contribution is 5.16. The van der Waals surface area contributed by atoms with Crippen LogP contribution < -0.4 is 5.73 Å². The van der Waals surface area contributed by atoms with E-state index in [0.29, 0.717) is 5.41 Å². The van der Waals surface area contributed by atoms with E-state index in [1.807, 2.05) is 0 Å². The molecule has 3 rings (SSSR count). The Labute approximate surface area is 87.4 Å². The summed E-state index contributed by atoms with van der Waals surface area (Å²) in [4.78, 5) is 0. The first-order chi connectivity index (χ1) is 6.67. The molecule has 1 nitrogen and oxygen atoms in total. The van der Waals surface area contributed by atoms with Gasteiger partial charge in [-0.25, -0.2) is 0 Å². The fraction of sp³-hybridized carbons (Fsp3) is 1.00. The van der Waals surface area contributed by atoms with Crippen molar-refractivity contribution in [3.8, 4) is 0 Å². The molecule has 0 aliphatic heterocycles. The highest BCUT2D eigenvalue weighted by Crippen LogP contribution is 2.65. The lowest BCUT2D eigenvalue weighted by atomic mass is 9.56. The highest BCUT2D eigenvalue weighted by atomic mass is 14.9. The second-order valence-electron chi connectivity index (χ2n) is 6.21. The van der Waals surface area contributed by atoms with Crippen LogP contribution in [0.2, 0.25) is 0 Å². The predicted octanol–water partition coefficient (Wildman–Crippen LogP) is 3.08. The van der Waals surface area contributed by atoms with E-state index in [2.05, 4.69) is 6.92 Å². The zero-order valence-electron chi connectivity index (χ0n) is 9.39. The molecule has 0 amide bonds. The van der Waals surface area contributed by atoms with E-state index in [1.165, 1.54) is 51.4 Å². The van der Waals surface area contributed by atoms with Gasteiger partial charge >= 0.3 is 0 Å². The Hall–Kier alpha value is -0.0400. The molecule has 0 aromatic rings. The highest BCUT2D eigenvalue weighted by Gasteiger charge is 2.62. The van der Waals surface area contributed by atoms with Crippen LogP contribution in [0.4, 0.5) is 0 Å². The van der Waals surface area contributed by atoms with Crippen LogP contribution in [0.1, 0.15) is 58.3 Å². The number of nitrogens with two attached hydrogens (primary N) is 1. The predicted molar refractivity (Wildman–Crippen MR) is 58.9 cm³/mol. The zero-order chi connectivity index (χ0) is 9.81. The first-order valence-electron chi connectivity index (χ1n) is 6.46. The monoisotopic (exact) mass is 193 g/mol. The average Bonchev–Trinajstić information content (AvgIpc) is 2.72. The van der Waals surface area contributed by atoms with Crippen LogP contribution in [-0.2, 0) is 0 Å². The van der Waals surface area contributed by atoms with Crippen molar-refractivity contribution in [1.82, 2.24) is 0 Å². The second kappa shape index (κ2) is 2.75. The van der Waals surface area contributed by atoms with Gasteiger partial charge in [0.1, 0.15) is 0 Å². The Bertz CT molecular complexity index is 238. The molecule has 3 aliphatic carbocycles. The molecule has 0 saturated heterocycles. The Morgan fingerprint density at radius 2 is 1.64 bits per heavy atom. The van der Waals surface area contributed by atoms with E-state index in [0.717, 1.165) is 11.8 Å². The summed E-state index contributed by atoms with van der Waals surface area (Å²) in [5.74, 6) is 1.84. The molecule has 0 aromatic carbocycles. The summed E-state index contributed by atoms with van der Waals surface area (Å²) in [5.41, 5.74) is 7.41. The van der Waals surface area contributed by atoms with Crippen molar-refractivity contribution in [2.75, 3.05) is 0 Å². The molecule has 2 N–H and O–H groups in total. The van der Waals surface area contributed by atoms with Gasteiger partial charge in [-0.15, -0.1) is 0 Å². The van der Waals surface area contributed by atoms with Crippen LogP contribution >= 0.6 is 0 Å². The molecule has 1 heteroatoms. The van der Waals surface area contributed by atoms with Crippen molar-refractivity contribution < 1.29 is 0 Å². The Kier molecular flexibility index (Phi) is 1.81. The zero-order valence-corrected chi connectivity index (χ0v) is 9.39. The molecule has 80 valence electrons. The lowest BCUT2D eigenvalue weighted by molar-refractivity contribution is 0.0203. The van der Waals surface area contributed by atoms with Crippen LogP contribution in [-0.4, -0.2) is 5.54 Å². The number of hydrogen-bond donors (Lipinski definition) is 1. The van der Waals surface area contributed by atoms with E-state index in [4.69, 9.17) is 5.73 Å². The molecule has 2 bridgehead atoms. The van der Waals surface area contributed by atoms with Gasteiger partial charge in [0, 0.05) is 5.54 Å². The van der Waals surface area contributed by atoms with E-state index >= 15 is 0 Å². The van der Waals surface area contributed by atoms with Crippen molar-refractivity contribution in [3.05, 3.63) is 0 Å². The van der Waals surface area contributed by atoms with Crippen LogP contribution in [0.5, 0.6) is 0 Å². The Morgan fingerprint density at radius 1 is 1.00 bits per heavy atom. The maximum atomic E-state index is 6.67. The van der Waals surface area contributed by atoms with Gasteiger partial charge in [-0.05, 0) is 56.3 Å². The Morgan fingerprint density at radius 3 is 2.21 bits per heavy atom. The minimum Gasteiger partial charge on any atom is -0.325 e. The third kappa shape index (κ3) is 0.900. The summed E-state index contributed by atoms with van der Waals surface area (Å²) in [6.07, 6.45) is 11.5. The van der Waals surface area contributed by atoms with Gasteiger partial charge in [0.25, 0.3) is 0 Å². The average molecular weight is 193 g/mol. The largest absolute Gasteiger partial charge is 0.325 e. The van der Waals surface area contributed by atoms with E-state index < -0.39 is 0 Å². The fourth-order valence-electron chi connectivity index (χ4n) is 5.00. The summed E-state index contributed by atoms with van der Waals surface area (Å²) in [6, 6.07) is 0. The lowest BCUT2D eigenvalue weighted by Crippen LogP contribution is -2.57. The molecular formula is C13H23N. The van der Waals surface area contributed by atoms with Gasteiger partial charge in [0.05, 0.1) is 0 Å². The maximum absolute atomic E-state index is 6.67. The summed E-state index contributed by atoms with van der Waals surface area (Å²) in [7, 11) is 0. The topological polar surface area (TPSA) is 26.0 Å². The molecule has 3 saturated carbocycles. The lowest BCUT2D eigenvalue weighted by Gasteiger charge is -2.52. The van der Waals surface area contributed by atoms with Gasteiger partial charge in [-0.3, -0.25) is 0 Å². The molecule has 1 spiro atoms. The molecule has 3 fully saturated rings. The molecule has 0 unspecified atom stereocenters. The van der Waals surface area contributed by atoms with Gasteiger partial charge in [0.2, 0.25) is 0 Å². The molecule has 3 atom stereocenters. The quantitative estimate of drug-likeness (QED) is 0.628. The molecule has 0 radical (unpaired) electrons. The molecule has 0 heterocycles. The molecular weight excluding hydrogens is 170 g/mol. The minimum absolute atomic E-state index is 0.177. The third-order valence-electron chi connectivity index (χ3n) is 5.88. The first kappa shape index (κ1) is 9.21. The number of rotatable bonds is 0. The summed E-state index contributed by atoms with van der Waals surface area (Å²) >= 11 is 0. The van der Waals surface area contributed by atoms with E-state index in [-0.39, 0.29) is 5.54 Å². The van der Waals surface area contributed by atoms with Crippen LogP contribution in [0.15, 0.2) is 0 Å². The summed E-state index contributed by atoms with van der Waals surface area (Å²) in [5, 5.41) is 0. The van der Waals surface area contributed by atoms with Gasteiger partial charge in [-0.1, -0.05) is 19.3 Å². The minimum atomic E-state index is 0.177. The maximum Gasteiger partial charge on any atom is 0.0214 e. The standard InChI is InChI=1S/C13H23N/c1-12(14)10-5-6-11(9-10)13(12)7-3-2-4-8-13/h10-11H,2-9,14H2,1H3/t10-,11+,12+/m1/s1. The summed E-state index contributed by atoms with van der Waals surface area (Å²) < 4.78 is 0. The van der Waals surface area contributed by atoms with Crippen molar-refractivity contribution in [2.45, 2.75) is 63.8 Å². The van der Waals surface area contributed by atoms with Crippen molar-refractivity contribution in [3.63, 3.8) is 0 Å². The van der Waals surface area contributed by atoms with Crippen LogP contribution in [0.3, 0.4) is 0 Å². The SMILES string of the molecule is C[C@]1(N)[C@@H]2CC[C@@H](C2)C12CCCCC2. The van der Waals surface area contributed by atoms with Crippen molar-refractivity contribution in [1.29, 1.82) is 0 Å². The van der Waals surface area contributed by atoms with E-state index in [9.17, 15) is 0 Å². The van der Waals surface area contributed by atoms with Crippen LogP contribution in [0, 0.1) is 17.3 Å². The van der Waals surface area contributed by atoms with Crippen LogP contribution in [0.25, 0.3) is 0 Å². The van der Waals surface area contributed by atoms with Gasteiger partial charge in [-0.2, -0.15) is 0 Å². The van der Waals surface area contributed by atoms with Crippen molar-refractivity contribution >= 4 is 0 Å². The normalized spacial score (nSPS) is 50.1. The fourth-order valence-corrected chi connectivity index (χ4v) is 5.00. The molecule has 14 heavy (non-hydrogen) atoms. The first-order valence-corrected chi connectivity index (χ1v) is 6.46. The molecule has 0 aromatic heterocycles. The second-order valence-corrected chi connectivity index (χ2v) is 6.21. The summed E-state index contributed by atoms with van der Waals surface area (Å²) in [6.45, 7) is 2.36. The van der Waals surface area contributed by atoms with Crippen molar-refractivity contribution in [2.24, 2.45) is 23.0 Å². The third-order valence-corrected chi connectivity index (χ3v) is 5.88. The smallest absolute Gasteiger partial charge is 0.0214 e. The van der Waals surface area contributed by atoms with E-state index in [1.54, 1.807) is 0 Å².